The first kappa shape index (κ1) is 7.86. The second kappa shape index (κ2) is 2.94. The molecule has 0 aromatic carbocycles. The fourth-order valence-corrected chi connectivity index (χ4v) is 2.46. The lowest BCUT2D eigenvalue weighted by Gasteiger charge is -2.30. The predicted molar refractivity (Wildman–Crippen MR) is 44.0 cm³/mol. The van der Waals surface area contributed by atoms with Crippen molar-refractivity contribution in [2.24, 2.45) is 11.8 Å². The number of piperidine rings is 1. The lowest BCUT2D eigenvalue weighted by Crippen LogP contribution is -2.50. The topological polar surface area (TPSA) is 61.4 Å². The Labute approximate surface area is 71.3 Å². The number of carbonyl (C=O) groups is 1. The van der Waals surface area contributed by atoms with Crippen LogP contribution in [0.5, 0.6) is 0 Å². The Morgan fingerprint density at radius 2 is 1.92 bits per heavy atom. The molecule has 1 aliphatic carbocycles. The van der Waals surface area contributed by atoms with E-state index in [1.54, 1.807) is 0 Å². The number of carboxylic acid groups (broad SMARTS) is 1. The molecule has 2 aliphatic rings. The van der Waals surface area contributed by atoms with E-state index in [4.69, 9.17) is 5.11 Å². The summed E-state index contributed by atoms with van der Waals surface area (Å²) in [7, 11) is 0. The SMILES string of the molecule is O=C(O)N[C@H]1[C@@H]2CC[C@H]1CNC2. The molecule has 0 aromatic heterocycles. The van der Waals surface area contributed by atoms with Gasteiger partial charge in [0.05, 0.1) is 0 Å². The van der Waals surface area contributed by atoms with Crippen LogP contribution in [0, 0.1) is 11.8 Å². The molecule has 12 heavy (non-hydrogen) atoms. The molecule has 1 amide bonds. The molecular formula is C8H14N2O2. The van der Waals surface area contributed by atoms with Crippen LogP contribution in [0.4, 0.5) is 4.79 Å². The van der Waals surface area contributed by atoms with Crippen molar-refractivity contribution in [3.63, 3.8) is 0 Å². The zero-order chi connectivity index (χ0) is 8.55. The molecule has 1 heterocycles. The second-order valence-corrected chi connectivity index (χ2v) is 3.73. The molecule has 0 unspecified atom stereocenters. The number of amides is 1. The summed E-state index contributed by atoms with van der Waals surface area (Å²) in [6.45, 7) is 1.95. The fraction of sp³-hybridized carbons (Fsp3) is 0.875. The fourth-order valence-electron chi connectivity index (χ4n) is 2.46. The molecule has 1 aliphatic heterocycles. The molecule has 3 N–H and O–H groups in total. The third kappa shape index (κ3) is 1.27. The van der Waals surface area contributed by atoms with Crippen molar-refractivity contribution in [1.29, 1.82) is 0 Å². The maximum Gasteiger partial charge on any atom is 0.404 e. The van der Waals surface area contributed by atoms with Gasteiger partial charge in [0.15, 0.2) is 0 Å². The van der Waals surface area contributed by atoms with Gasteiger partial charge in [-0.2, -0.15) is 0 Å². The van der Waals surface area contributed by atoms with Gasteiger partial charge in [0.2, 0.25) is 0 Å². The number of hydrogen-bond donors (Lipinski definition) is 3. The summed E-state index contributed by atoms with van der Waals surface area (Å²) in [4.78, 5) is 10.5. The highest BCUT2D eigenvalue weighted by atomic mass is 16.4. The maximum atomic E-state index is 10.5. The van der Waals surface area contributed by atoms with Crippen LogP contribution in [0.3, 0.4) is 0 Å². The molecular weight excluding hydrogens is 156 g/mol. The van der Waals surface area contributed by atoms with Gasteiger partial charge in [0, 0.05) is 6.04 Å². The van der Waals surface area contributed by atoms with Gasteiger partial charge in [-0.25, -0.2) is 4.79 Å². The largest absolute Gasteiger partial charge is 0.465 e. The minimum absolute atomic E-state index is 0.212. The van der Waals surface area contributed by atoms with Crippen molar-refractivity contribution in [2.75, 3.05) is 13.1 Å². The van der Waals surface area contributed by atoms with Crippen molar-refractivity contribution < 1.29 is 9.90 Å². The Bertz CT molecular complexity index is 179. The van der Waals surface area contributed by atoms with E-state index < -0.39 is 6.09 Å². The molecule has 0 aromatic rings. The van der Waals surface area contributed by atoms with E-state index in [-0.39, 0.29) is 6.04 Å². The molecule has 2 bridgehead atoms. The van der Waals surface area contributed by atoms with E-state index in [0.29, 0.717) is 11.8 Å². The Balaban J connectivity index is 2.00. The van der Waals surface area contributed by atoms with Crippen LogP contribution >= 0.6 is 0 Å². The van der Waals surface area contributed by atoms with Crippen molar-refractivity contribution in [1.82, 2.24) is 10.6 Å². The summed E-state index contributed by atoms with van der Waals surface area (Å²) in [5.41, 5.74) is 0. The van der Waals surface area contributed by atoms with Crippen LogP contribution in [0.15, 0.2) is 0 Å². The van der Waals surface area contributed by atoms with Gasteiger partial charge >= 0.3 is 6.09 Å². The van der Waals surface area contributed by atoms with Crippen LogP contribution in [0.2, 0.25) is 0 Å². The van der Waals surface area contributed by atoms with Gasteiger partial charge < -0.3 is 15.7 Å². The Morgan fingerprint density at radius 1 is 1.33 bits per heavy atom. The standard InChI is InChI=1S/C8H14N2O2/c11-8(12)10-7-5-1-2-6(7)4-9-3-5/h5-7,9-10H,1-4H2,(H,11,12)/t5-,6+,7+. The van der Waals surface area contributed by atoms with Crippen LogP contribution in [-0.4, -0.2) is 30.3 Å². The van der Waals surface area contributed by atoms with Crippen molar-refractivity contribution in [3.8, 4) is 0 Å². The van der Waals surface area contributed by atoms with Gasteiger partial charge in [-0.3, -0.25) is 0 Å². The monoisotopic (exact) mass is 170 g/mol. The number of nitrogens with one attached hydrogen (secondary N) is 2. The first-order valence-corrected chi connectivity index (χ1v) is 4.47. The van der Waals surface area contributed by atoms with E-state index in [1.165, 1.54) is 12.8 Å². The van der Waals surface area contributed by atoms with Crippen molar-refractivity contribution >= 4 is 6.09 Å². The summed E-state index contributed by atoms with van der Waals surface area (Å²) in [5, 5.41) is 14.5. The average Bonchev–Trinajstić information content (AvgIpc) is 2.30. The molecule has 1 saturated carbocycles. The Kier molecular flexibility index (Phi) is 1.92. The van der Waals surface area contributed by atoms with Crippen LogP contribution < -0.4 is 10.6 Å². The summed E-state index contributed by atoms with van der Waals surface area (Å²) >= 11 is 0. The summed E-state index contributed by atoms with van der Waals surface area (Å²) in [6.07, 6.45) is 1.46. The average molecular weight is 170 g/mol. The number of rotatable bonds is 1. The third-order valence-electron chi connectivity index (χ3n) is 3.03. The van der Waals surface area contributed by atoms with E-state index in [1.807, 2.05) is 0 Å². The van der Waals surface area contributed by atoms with Crippen LogP contribution in [0.25, 0.3) is 0 Å². The highest BCUT2D eigenvalue weighted by Crippen LogP contribution is 2.33. The smallest absolute Gasteiger partial charge is 0.404 e. The summed E-state index contributed by atoms with van der Waals surface area (Å²) in [6, 6.07) is 0.212. The predicted octanol–water partition coefficient (Wildman–Crippen LogP) is 0.252. The lowest BCUT2D eigenvalue weighted by molar-refractivity contribution is 0.176. The molecule has 0 radical (unpaired) electrons. The molecule has 0 spiro atoms. The zero-order valence-electron chi connectivity index (χ0n) is 6.92. The van der Waals surface area contributed by atoms with Gasteiger partial charge in [0.1, 0.15) is 0 Å². The molecule has 1 saturated heterocycles. The molecule has 4 nitrogen and oxygen atoms in total. The highest BCUT2D eigenvalue weighted by molar-refractivity contribution is 5.65. The van der Waals surface area contributed by atoms with E-state index in [2.05, 4.69) is 10.6 Å². The first-order valence-electron chi connectivity index (χ1n) is 4.47. The van der Waals surface area contributed by atoms with Gasteiger partial charge in [-0.05, 0) is 37.8 Å². The van der Waals surface area contributed by atoms with Crippen molar-refractivity contribution in [3.05, 3.63) is 0 Å². The molecule has 2 fully saturated rings. The normalized spacial score (nSPS) is 39.5. The maximum absolute atomic E-state index is 10.5. The minimum Gasteiger partial charge on any atom is -0.465 e. The van der Waals surface area contributed by atoms with Gasteiger partial charge in [-0.1, -0.05) is 0 Å². The summed E-state index contributed by atoms with van der Waals surface area (Å²) in [5.74, 6) is 1.06. The lowest BCUT2D eigenvalue weighted by atomic mass is 9.94. The zero-order valence-corrected chi connectivity index (χ0v) is 6.92. The molecule has 4 heteroatoms. The second-order valence-electron chi connectivity index (χ2n) is 3.73. The Hall–Kier alpha value is -0.770. The summed E-state index contributed by atoms with van der Waals surface area (Å²) < 4.78 is 0. The quantitative estimate of drug-likeness (QED) is 0.528. The minimum atomic E-state index is -0.876. The van der Waals surface area contributed by atoms with E-state index >= 15 is 0 Å². The van der Waals surface area contributed by atoms with E-state index in [9.17, 15) is 4.79 Å². The highest BCUT2D eigenvalue weighted by Gasteiger charge is 2.39. The van der Waals surface area contributed by atoms with Crippen LogP contribution in [-0.2, 0) is 0 Å². The molecule has 3 atom stereocenters. The Morgan fingerprint density at radius 3 is 2.42 bits per heavy atom. The van der Waals surface area contributed by atoms with Gasteiger partial charge in [-0.15, -0.1) is 0 Å². The van der Waals surface area contributed by atoms with Crippen LogP contribution in [0.1, 0.15) is 12.8 Å². The molecule has 68 valence electrons. The number of hydrogen-bond acceptors (Lipinski definition) is 2. The number of fused-ring (bicyclic) bond motifs is 2. The van der Waals surface area contributed by atoms with Gasteiger partial charge in [0.25, 0.3) is 0 Å². The third-order valence-corrected chi connectivity index (χ3v) is 3.03. The van der Waals surface area contributed by atoms with E-state index in [0.717, 1.165) is 13.1 Å². The van der Waals surface area contributed by atoms with Crippen molar-refractivity contribution in [2.45, 2.75) is 18.9 Å². The first-order chi connectivity index (χ1) is 5.77. The molecule has 2 rings (SSSR count).